The van der Waals surface area contributed by atoms with E-state index in [4.69, 9.17) is 5.11 Å². The molecule has 1 aromatic rings. The van der Waals surface area contributed by atoms with Crippen molar-refractivity contribution in [2.24, 2.45) is 5.92 Å². The van der Waals surface area contributed by atoms with Gasteiger partial charge in [-0.05, 0) is 43.0 Å². The molecule has 0 aromatic heterocycles. The Morgan fingerprint density at radius 2 is 2.00 bits per heavy atom. The van der Waals surface area contributed by atoms with Crippen LogP contribution in [-0.4, -0.2) is 23.1 Å². The van der Waals surface area contributed by atoms with Gasteiger partial charge in [-0.3, -0.25) is 4.90 Å². The van der Waals surface area contributed by atoms with Gasteiger partial charge in [-0.15, -0.1) is 0 Å². The molecule has 2 rings (SSSR count). The smallest absolute Gasteiger partial charge is 0.187 e. The molecule has 0 aliphatic carbocycles. The predicted molar refractivity (Wildman–Crippen MR) is 66.3 cm³/mol. The van der Waals surface area contributed by atoms with Gasteiger partial charge in [0.2, 0.25) is 0 Å². The van der Waals surface area contributed by atoms with Gasteiger partial charge in [-0.25, -0.2) is 8.78 Å². The van der Waals surface area contributed by atoms with Crippen LogP contribution in [0.1, 0.15) is 31.7 Å². The summed E-state index contributed by atoms with van der Waals surface area (Å²) in [6.07, 6.45) is 3.56. The maximum absolute atomic E-state index is 13.2. The molecule has 4 heteroatoms. The van der Waals surface area contributed by atoms with E-state index in [1.807, 2.05) is 0 Å². The third kappa shape index (κ3) is 2.99. The van der Waals surface area contributed by atoms with Crippen LogP contribution >= 0.6 is 0 Å². The minimum Gasteiger partial charge on any atom is -0.503 e. The highest BCUT2D eigenvalue weighted by Gasteiger charge is 2.22. The van der Waals surface area contributed by atoms with Gasteiger partial charge >= 0.3 is 0 Å². The molecular formula is C14H19F2NO. The molecule has 1 N–H and O–H groups in total. The summed E-state index contributed by atoms with van der Waals surface area (Å²) >= 11 is 0. The lowest BCUT2D eigenvalue weighted by Crippen LogP contribution is -2.20. The Kier molecular flexibility index (Phi) is 4.17. The number of hydrogen-bond acceptors (Lipinski definition) is 2. The Hall–Kier alpha value is -1.16. The van der Waals surface area contributed by atoms with Crippen molar-refractivity contribution < 1.29 is 13.9 Å². The molecule has 100 valence electrons. The number of nitrogens with zero attached hydrogens (tertiary/aromatic N) is 1. The van der Waals surface area contributed by atoms with Crippen LogP contribution in [0.25, 0.3) is 0 Å². The minimum absolute atomic E-state index is 0.550. The molecule has 1 unspecified atom stereocenters. The SMILES string of the molecule is CCCC1CCN(Cc2cc(F)c(O)c(F)c2)C1. The zero-order valence-corrected chi connectivity index (χ0v) is 10.6. The average molecular weight is 255 g/mol. The van der Waals surface area contributed by atoms with Gasteiger partial charge in [0.1, 0.15) is 0 Å². The second-order valence-electron chi connectivity index (χ2n) is 5.09. The first kappa shape index (κ1) is 13.3. The zero-order valence-electron chi connectivity index (χ0n) is 10.6. The lowest BCUT2D eigenvalue weighted by Gasteiger charge is -2.16. The first-order chi connectivity index (χ1) is 8.60. The van der Waals surface area contributed by atoms with Crippen LogP contribution in [0.5, 0.6) is 5.75 Å². The standard InChI is InChI=1S/C14H19F2NO/c1-2-3-10-4-5-17(8-10)9-11-6-12(15)14(18)13(16)7-11/h6-7,10,18H,2-5,8-9H2,1H3. The van der Waals surface area contributed by atoms with Crippen molar-refractivity contribution in [3.05, 3.63) is 29.3 Å². The number of halogens is 2. The van der Waals surface area contributed by atoms with Crippen molar-refractivity contribution in [1.29, 1.82) is 0 Å². The third-order valence-electron chi connectivity index (χ3n) is 3.55. The van der Waals surface area contributed by atoms with E-state index in [9.17, 15) is 8.78 Å². The molecule has 0 saturated carbocycles. The first-order valence-electron chi connectivity index (χ1n) is 6.49. The quantitative estimate of drug-likeness (QED) is 0.892. The summed E-state index contributed by atoms with van der Waals surface area (Å²) in [5.41, 5.74) is 0.583. The van der Waals surface area contributed by atoms with Gasteiger partial charge in [0.15, 0.2) is 17.4 Å². The van der Waals surface area contributed by atoms with E-state index < -0.39 is 17.4 Å². The average Bonchev–Trinajstić information content (AvgIpc) is 2.74. The monoisotopic (exact) mass is 255 g/mol. The third-order valence-corrected chi connectivity index (χ3v) is 3.55. The van der Waals surface area contributed by atoms with E-state index in [-0.39, 0.29) is 0 Å². The summed E-state index contributed by atoms with van der Waals surface area (Å²) in [7, 11) is 0. The maximum Gasteiger partial charge on any atom is 0.187 e. The van der Waals surface area contributed by atoms with Crippen molar-refractivity contribution in [3.63, 3.8) is 0 Å². The summed E-state index contributed by atoms with van der Waals surface area (Å²) in [6, 6.07) is 2.43. The van der Waals surface area contributed by atoms with E-state index in [0.717, 1.165) is 19.5 Å². The number of aromatic hydroxyl groups is 1. The van der Waals surface area contributed by atoms with E-state index in [2.05, 4.69) is 11.8 Å². The summed E-state index contributed by atoms with van der Waals surface area (Å²) in [5.74, 6) is -1.94. The first-order valence-corrected chi connectivity index (χ1v) is 6.49. The Morgan fingerprint density at radius 1 is 1.33 bits per heavy atom. The molecule has 1 heterocycles. The second-order valence-corrected chi connectivity index (χ2v) is 5.09. The maximum atomic E-state index is 13.2. The fourth-order valence-corrected chi connectivity index (χ4v) is 2.67. The molecule has 1 aliphatic rings. The second kappa shape index (κ2) is 5.65. The van der Waals surface area contributed by atoms with Crippen LogP contribution in [0.2, 0.25) is 0 Å². The molecule has 2 nitrogen and oxygen atoms in total. The van der Waals surface area contributed by atoms with E-state index in [1.54, 1.807) is 0 Å². The molecule has 1 atom stereocenters. The Labute approximate surface area is 106 Å². The number of likely N-dealkylation sites (tertiary alicyclic amines) is 1. The summed E-state index contributed by atoms with van der Waals surface area (Å²) in [5, 5.41) is 9.04. The van der Waals surface area contributed by atoms with Crippen LogP contribution in [0, 0.1) is 17.6 Å². The van der Waals surface area contributed by atoms with Gasteiger partial charge in [-0.2, -0.15) is 0 Å². The highest BCUT2D eigenvalue weighted by molar-refractivity contribution is 5.30. The molecule has 0 spiro atoms. The molecule has 0 radical (unpaired) electrons. The fourth-order valence-electron chi connectivity index (χ4n) is 2.67. The number of phenols is 1. The predicted octanol–water partition coefficient (Wildman–Crippen LogP) is 3.29. The summed E-state index contributed by atoms with van der Waals surface area (Å²) in [6.45, 7) is 4.70. The molecule has 1 saturated heterocycles. The van der Waals surface area contributed by atoms with Gasteiger partial charge in [0, 0.05) is 13.1 Å². The van der Waals surface area contributed by atoms with Crippen LogP contribution in [0.15, 0.2) is 12.1 Å². The van der Waals surface area contributed by atoms with Crippen LogP contribution < -0.4 is 0 Å². The lowest BCUT2D eigenvalue weighted by molar-refractivity contribution is 0.310. The number of phenolic OH excluding ortho intramolecular Hbond substituents is 1. The van der Waals surface area contributed by atoms with Gasteiger partial charge in [0.05, 0.1) is 0 Å². The number of rotatable bonds is 4. The minimum atomic E-state index is -0.885. The summed E-state index contributed by atoms with van der Waals surface area (Å²) in [4.78, 5) is 2.21. The van der Waals surface area contributed by atoms with E-state index >= 15 is 0 Å². The molecule has 0 bridgehead atoms. The van der Waals surface area contributed by atoms with Gasteiger partial charge in [-0.1, -0.05) is 13.3 Å². The highest BCUT2D eigenvalue weighted by Crippen LogP contribution is 2.25. The Bertz CT molecular complexity index is 399. The van der Waals surface area contributed by atoms with E-state index in [0.29, 0.717) is 18.0 Å². The van der Waals surface area contributed by atoms with E-state index in [1.165, 1.54) is 25.0 Å². The van der Waals surface area contributed by atoms with Crippen molar-refractivity contribution in [2.45, 2.75) is 32.7 Å². The van der Waals surface area contributed by atoms with Crippen molar-refractivity contribution in [3.8, 4) is 5.75 Å². The number of benzene rings is 1. The van der Waals surface area contributed by atoms with Gasteiger partial charge in [0.25, 0.3) is 0 Å². The molecule has 1 aromatic carbocycles. The van der Waals surface area contributed by atoms with Crippen LogP contribution in [0.4, 0.5) is 8.78 Å². The van der Waals surface area contributed by atoms with Crippen molar-refractivity contribution >= 4 is 0 Å². The van der Waals surface area contributed by atoms with Crippen LogP contribution in [-0.2, 0) is 6.54 Å². The molecular weight excluding hydrogens is 236 g/mol. The van der Waals surface area contributed by atoms with Crippen molar-refractivity contribution in [1.82, 2.24) is 4.90 Å². The normalized spacial score (nSPS) is 20.5. The Balaban J connectivity index is 1.98. The fraction of sp³-hybridized carbons (Fsp3) is 0.571. The number of hydrogen-bond donors (Lipinski definition) is 1. The highest BCUT2D eigenvalue weighted by atomic mass is 19.1. The van der Waals surface area contributed by atoms with Gasteiger partial charge < -0.3 is 5.11 Å². The zero-order chi connectivity index (χ0) is 13.1. The van der Waals surface area contributed by atoms with Crippen molar-refractivity contribution in [2.75, 3.05) is 13.1 Å². The largest absolute Gasteiger partial charge is 0.503 e. The molecule has 18 heavy (non-hydrogen) atoms. The van der Waals surface area contributed by atoms with Crippen LogP contribution in [0.3, 0.4) is 0 Å². The topological polar surface area (TPSA) is 23.5 Å². The molecule has 0 amide bonds. The Morgan fingerprint density at radius 3 is 2.61 bits per heavy atom. The molecule has 1 aliphatic heterocycles. The lowest BCUT2D eigenvalue weighted by atomic mass is 10.0. The summed E-state index contributed by atoms with van der Waals surface area (Å²) < 4.78 is 26.4. The molecule has 1 fully saturated rings.